The minimum Gasteiger partial charge on any atom is -0.411 e. The normalized spacial score (nSPS) is 10.3. The first kappa shape index (κ1) is 8.21. The van der Waals surface area contributed by atoms with Gasteiger partial charge in [-0.3, -0.25) is 0 Å². The molecule has 2 nitrogen and oxygen atoms in total. The summed E-state index contributed by atoms with van der Waals surface area (Å²) in [5.41, 5.74) is 0.888. The molecule has 0 aromatic carbocycles. The molecule has 0 saturated heterocycles. The molecule has 0 spiro atoms. The Balaban J connectivity index is 3.27. The van der Waals surface area contributed by atoms with Crippen LogP contribution in [0.1, 0.15) is 26.2 Å². The second kappa shape index (κ2) is 5.35. The molecule has 0 bridgehead atoms. The highest BCUT2D eigenvalue weighted by Gasteiger charge is 1.86. The van der Waals surface area contributed by atoms with Gasteiger partial charge in [0.25, 0.3) is 0 Å². The number of rotatable bonds is 4. The molecule has 0 rings (SSSR count). The Bertz CT molecular complexity index is 107. The molecule has 0 aliphatic rings. The summed E-state index contributed by atoms with van der Waals surface area (Å²) < 4.78 is 0. The van der Waals surface area contributed by atoms with Gasteiger partial charge in [0.2, 0.25) is 0 Å². The maximum Gasteiger partial charge on any atom is 0.0687 e. The van der Waals surface area contributed by atoms with E-state index >= 15 is 0 Å². The summed E-state index contributed by atoms with van der Waals surface area (Å²) in [6.45, 7) is 5.79. The largest absolute Gasteiger partial charge is 0.411 e. The lowest BCUT2D eigenvalue weighted by Crippen LogP contribution is -1.81. The number of oxime groups is 1. The monoisotopic (exact) mass is 127 g/mol. The fraction of sp³-hybridized carbons (Fsp3) is 0.571. The highest BCUT2D eigenvalue weighted by molar-refractivity contribution is 5.76. The highest BCUT2D eigenvalue weighted by atomic mass is 16.4. The predicted octanol–water partition coefficient (Wildman–Crippen LogP) is 2.19. The number of unbranched alkanes of at least 4 members (excludes halogenated alkanes) is 1. The van der Waals surface area contributed by atoms with Gasteiger partial charge in [-0.2, -0.15) is 0 Å². The van der Waals surface area contributed by atoms with Crippen LogP contribution >= 0.6 is 0 Å². The van der Waals surface area contributed by atoms with Crippen LogP contribution in [0.2, 0.25) is 0 Å². The van der Waals surface area contributed by atoms with Crippen LogP contribution in [0, 0.1) is 0 Å². The van der Waals surface area contributed by atoms with Crippen LogP contribution in [0.15, 0.2) is 17.3 Å². The van der Waals surface area contributed by atoms with Gasteiger partial charge >= 0.3 is 0 Å². The molecular weight excluding hydrogens is 114 g/mol. The van der Waals surface area contributed by atoms with Crippen molar-refractivity contribution in [2.24, 2.45) is 5.16 Å². The summed E-state index contributed by atoms with van der Waals surface area (Å²) in [4.78, 5) is 0. The molecule has 0 aliphatic heterocycles. The predicted molar refractivity (Wildman–Crippen MR) is 38.9 cm³/mol. The molecule has 9 heavy (non-hydrogen) atoms. The summed E-state index contributed by atoms with van der Waals surface area (Å²) in [5, 5.41) is 10.9. The van der Waals surface area contributed by atoms with Crippen molar-refractivity contribution in [2.75, 3.05) is 0 Å². The third-order valence-corrected chi connectivity index (χ3v) is 1.09. The molecule has 1 N–H and O–H groups in total. The van der Waals surface area contributed by atoms with Crippen LogP contribution in [0.4, 0.5) is 0 Å². The maximum absolute atomic E-state index is 8.04. The first-order chi connectivity index (χ1) is 4.31. The maximum atomic E-state index is 8.04. The Labute approximate surface area is 55.9 Å². The smallest absolute Gasteiger partial charge is 0.0687 e. The Morgan fingerprint density at radius 1 is 1.78 bits per heavy atom. The SMILES string of the molecule is C=C(C=NO)CCCC. The van der Waals surface area contributed by atoms with Crippen molar-refractivity contribution in [3.63, 3.8) is 0 Å². The van der Waals surface area contributed by atoms with Gasteiger partial charge in [0.05, 0.1) is 6.21 Å². The quantitative estimate of drug-likeness (QED) is 0.350. The van der Waals surface area contributed by atoms with Crippen LogP contribution in [-0.2, 0) is 0 Å². The van der Waals surface area contributed by atoms with Crippen molar-refractivity contribution in [1.82, 2.24) is 0 Å². The first-order valence-corrected chi connectivity index (χ1v) is 3.16. The van der Waals surface area contributed by atoms with Crippen molar-refractivity contribution >= 4 is 6.21 Å². The molecule has 0 saturated carbocycles. The van der Waals surface area contributed by atoms with E-state index in [-0.39, 0.29) is 0 Å². The summed E-state index contributed by atoms with van der Waals surface area (Å²) in [7, 11) is 0. The fourth-order valence-electron chi connectivity index (χ4n) is 0.550. The summed E-state index contributed by atoms with van der Waals surface area (Å²) in [6.07, 6.45) is 4.58. The summed E-state index contributed by atoms with van der Waals surface area (Å²) >= 11 is 0. The van der Waals surface area contributed by atoms with Gasteiger partial charge in [0.15, 0.2) is 0 Å². The molecule has 0 radical (unpaired) electrons. The van der Waals surface area contributed by atoms with E-state index < -0.39 is 0 Å². The summed E-state index contributed by atoms with van der Waals surface area (Å²) in [6, 6.07) is 0. The van der Waals surface area contributed by atoms with Gasteiger partial charge in [-0.15, -0.1) is 0 Å². The second-order valence-corrected chi connectivity index (χ2v) is 2.01. The molecule has 0 amide bonds. The topological polar surface area (TPSA) is 32.6 Å². The van der Waals surface area contributed by atoms with Crippen molar-refractivity contribution in [3.05, 3.63) is 12.2 Å². The van der Waals surface area contributed by atoms with Gasteiger partial charge in [0, 0.05) is 0 Å². The van der Waals surface area contributed by atoms with Crippen molar-refractivity contribution in [1.29, 1.82) is 0 Å². The Morgan fingerprint density at radius 2 is 2.44 bits per heavy atom. The van der Waals surface area contributed by atoms with Crippen LogP contribution < -0.4 is 0 Å². The van der Waals surface area contributed by atoms with Crippen molar-refractivity contribution < 1.29 is 5.21 Å². The number of allylic oxidation sites excluding steroid dienone is 1. The van der Waals surface area contributed by atoms with Crippen LogP contribution in [-0.4, -0.2) is 11.4 Å². The average Bonchev–Trinajstić information content (AvgIpc) is 1.85. The molecule has 0 aliphatic carbocycles. The lowest BCUT2D eigenvalue weighted by atomic mass is 10.1. The minimum absolute atomic E-state index is 0.888. The molecule has 0 fully saturated rings. The molecule has 0 unspecified atom stereocenters. The molecular formula is C7H13NO. The molecule has 0 atom stereocenters. The second-order valence-electron chi connectivity index (χ2n) is 2.01. The molecule has 52 valence electrons. The standard InChI is InChI=1S/C7H13NO/c1-3-4-5-7(2)6-8-9/h6,9H,2-5H2,1H3. The van der Waals surface area contributed by atoms with Crippen LogP contribution in [0.25, 0.3) is 0 Å². The van der Waals surface area contributed by atoms with E-state index in [0.29, 0.717) is 0 Å². The van der Waals surface area contributed by atoms with Gasteiger partial charge in [-0.05, 0) is 18.4 Å². The van der Waals surface area contributed by atoms with E-state index in [9.17, 15) is 0 Å². The van der Waals surface area contributed by atoms with E-state index in [0.717, 1.165) is 24.8 Å². The van der Waals surface area contributed by atoms with Gasteiger partial charge < -0.3 is 5.21 Å². The molecule has 0 heterocycles. The van der Waals surface area contributed by atoms with Gasteiger partial charge in [-0.25, -0.2) is 0 Å². The zero-order valence-electron chi connectivity index (χ0n) is 5.80. The van der Waals surface area contributed by atoms with E-state index in [1.54, 1.807) is 0 Å². The van der Waals surface area contributed by atoms with Gasteiger partial charge in [0.1, 0.15) is 0 Å². The first-order valence-electron chi connectivity index (χ1n) is 3.16. The Kier molecular flexibility index (Phi) is 4.88. The van der Waals surface area contributed by atoms with E-state index in [1.165, 1.54) is 6.21 Å². The van der Waals surface area contributed by atoms with Crippen molar-refractivity contribution in [2.45, 2.75) is 26.2 Å². The van der Waals surface area contributed by atoms with E-state index in [2.05, 4.69) is 18.7 Å². The number of hydrogen-bond acceptors (Lipinski definition) is 2. The molecule has 2 heteroatoms. The highest BCUT2D eigenvalue weighted by Crippen LogP contribution is 2.01. The van der Waals surface area contributed by atoms with Crippen molar-refractivity contribution in [3.8, 4) is 0 Å². The minimum atomic E-state index is 0.888. The number of hydrogen-bond donors (Lipinski definition) is 1. The third kappa shape index (κ3) is 5.07. The fourth-order valence-corrected chi connectivity index (χ4v) is 0.550. The van der Waals surface area contributed by atoms with E-state index in [1.807, 2.05) is 0 Å². The number of nitrogens with zero attached hydrogens (tertiary/aromatic N) is 1. The zero-order chi connectivity index (χ0) is 7.11. The third-order valence-electron chi connectivity index (χ3n) is 1.09. The Hall–Kier alpha value is -0.790. The van der Waals surface area contributed by atoms with Crippen LogP contribution in [0.3, 0.4) is 0 Å². The van der Waals surface area contributed by atoms with Crippen LogP contribution in [0.5, 0.6) is 0 Å². The lowest BCUT2D eigenvalue weighted by molar-refractivity contribution is 0.321. The molecule has 0 aromatic rings. The molecule has 0 aromatic heterocycles. The zero-order valence-corrected chi connectivity index (χ0v) is 5.80. The summed E-state index contributed by atoms with van der Waals surface area (Å²) in [5.74, 6) is 0. The van der Waals surface area contributed by atoms with E-state index in [4.69, 9.17) is 5.21 Å². The lowest BCUT2D eigenvalue weighted by Gasteiger charge is -1.93. The Morgan fingerprint density at radius 3 is 2.89 bits per heavy atom. The van der Waals surface area contributed by atoms with Gasteiger partial charge in [-0.1, -0.05) is 25.1 Å². The average molecular weight is 127 g/mol.